The Labute approximate surface area is 181 Å². The Bertz CT molecular complexity index is 978. The van der Waals surface area contributed by atoms with Gasteiger partial charge in [-0.25, -0.2) is 0 Å². The van der Waals surface area contributed by atoms with Gasteiger partial charge in [-0.05, 0) is 54.7 Å². The van der Waals surface area contributed by atoms with Crippen molar-refractivity contribution in [1.29, 1.82) is 0 Å². The van der Waals surface area contributed by atoms with Crippen molar-refractivity contribution in [2.75, 3.05) is 17.7 Å². The molecule has 2 amide bonds. The highest BCUT2D eigenvalue weighted by Gasteiger charge is 2.30. The molecule has 2 aromatic rings. The topological polar surface area (TPSA) is 96.5 Å². The lowest BCUT2D eigenvalue weighted by atomic mass is 10.1. The van der Waals surface area contributed by atoms with E-state index in [-0.39, 0.29) is 29.2 Å². The number of alkyl halides is 3. The number of anilines is 2. The molecule has 0 saturated heterocycles. The molecule has 164 valence electrons. The number of methoxy groups -OCH3 is 1. The van der Waals surface area contributed by atoms with E-state index in [2.05, 4.69) is 20.7 Å². The maximum Gasteiger partial charge on any atom is 0.416 e. The van der Waals surface area contributed by atoms with Crippen molar-refractivity contribution in [2.24, 2.45) is 0 Å². The Kier molecular flexibility index (Phi) is 8.08. The molecule has 31 heavy (non-hydrogen) atoms. The van der Waals surface area contributed by atoms with Gasteiger partial charge in [0.15, 0.2) is 5.11 Å². The lowest BCUT2D eigenvalue weighted by Gasteiger charge is -2.11. The van der Waals surface area contributed by atoms with Crippen LogP contribution in [-0.4, -0.2) is 30.0 Å². The van der Waals surface area contributed by atoms with Crippen molar-refractivity contribution in [3.8, 4) is 0 Å². The standard InChI is InChI=1S/C20H18F3N3O4S/c1-30-17(28)10-9-16(27)26-19(31)25-14-7-5-12(6-8-14)18(29)24-15-4-2-3-13(11-15)20(21,22)23/h2-8,11H,9-10H2,1H3,(H,24,29)(H2,25,26,27,31). The average Bonchev–Trinajstić information content (AvgIpc) is 2.72. The second kappa shape index (κ2) is 10.5. The van der Waals surface area contributed by atoms with Gasteiger partial charge in [-0.2, -0.15) is 13.2 Å². The maximum absolute atomic E-state index is 12.8. The van der Waals surface area contributed by atoms with Crippen LogP contribution in [-0.2, 0) is 20.5 Å². The van der Waals surface area contributed by atoms with Gasteiger partial charge in [0.25, 0.3) is 5.91 Å². The summed E-state index contributed by atoms with van der Waals surface area (Å²) in [5.74, 6) is -1.59. The molecule has 0 fully saturated rings. The van der Waals surface area contributed by atoms with Crippen molar-refractivity contribution in [3.05, 3.63) is 59.7 Å². The summed E-state index contributed by atoms with van der Waals surface area (Å²) in [5, 5.41) is 7.54. The summed E-state index contributed by atoms with van der Waals surface area (Å²) in [4.78, 5) is 35.0. The maximum atomic E-state index is 12.8. The molecule has 0 aliphatic carbocycles. The van der Waals surface area contributed by atoms with Gasteiger partial charge in [0.2, 0.25) is 5.91 Å². The van der Waals surface area contributed by atoms with Crippen molar-refractivity contribution in [2.45, 2.75) is 19.0 Å². The van der Waals surface area contributed by atoms with Gasteiger partial charge in [-0.1, -0.05) is 6.07 Å². The molecule has 11 heteroatoms. The van der Waals surface area contributed by atoms with Crippen LogP contribution in [0.25, 0.3) is 0 Å². The molecule has 2 rings (SSSR count). The van der Waals surface area contributed by atoms with Gasteiger partial charge in [0.1, 0.15) is 0 Å². The molecule has 0 aromatic heterocycles. The number of carbonyl (C=O) groups excluding carboxylic acids is 3. The zero-order valence-electron chi connectivity index (χ0n) is 16.2. The molecule has 0 aliphatic heterocycles. The predicted octanol–water partition coefficient (Wildman–Crippen LogP) is 3.72. The molecule has 0 atom stereocenters. The highest BCUT2D eigenvalue weighted by Crippen LogP contribution is 2.30. The van der Waals surface area contributed by atoms with E-state index in [1.807, 2.05) is 0 Å². The highest BCUT2D eigenvalue weighted by atomic mass is 32.1. The van der Waals surface area contributed by atoms with Crippen LogP contribution < -0.4 is 16.0 Å². The number of esters is 1. The van der Waals surface area contributed by atoms with E-state index in [0.717, 1.165) is 12.1 Å². The van der Waals surface area contributed by atoms with Crippen LogP contribution in [0, 0.1) is 0 Å². The third kappa shape index (κ3) is 7.70. The average molecular weight is 453 g/mol. The first kappa shape index (κ1) is 23.8. The van der Waals surface area contributed by atoms with Crippen LogP contribution in [0.3, 0.4) is 0 Å². The fourth-order valence-electron chi connectivity index (χ4n) is 2.35. The lowest BCUT2D eigenvalue weighted by Crippen LogP contribution is -2.34. The summed E-state index contributed by atoms with van der Waals surface area (Å²) in [6, 6.07) is 10.2. The summed E-state index contributed by atoms with van der Waals surface area (Å²) >= 11 is 5.00. The molecule has 3 N–H and O–H groups in total. The van der Waals surface area contributed by atoms with Crippen molar-refractivity contribution >= 4 is 46.5 Å². The van der Waals surface area contributed by atoms with Crippen molar-refractivity contribution in [3.63, 3.8) is 0 Å². The molecule has 0 unspecified atom stereocenters. The van der Waals surface area contributed by atoms with Crippen LogP contribution in [0.4, 0.5) is 24.5 Å². The summed E-state index contributed by atoms with van der Waals surface area (Å²) < 4.78 is 42.8. The van der Waals surface area contributed by atoms with E-state index >= 15 is 0 Å². The molecule has 0 saturated carbocycles. The first-order valence-corrected chi connectivity index (χ1v) is 9.25. The predicted molar refractivity (Wildman–Crippen MR) is 111 cm³/mol. The number of carbonyl (C=O) groups is 3. The van der Waals surface area contributed by atoms with Gasteiger partial charge >= 0.3 is 12.1 Å². The van der Waals surface area contributed by atoms with E-state index in [9.17, 15) is 27.6 Å². The van der Waals surface area contributed by atoms with Gasteiger partial charge in [-0.3, -0.25) is 14.4 Å². The van der Waals surface area contributed by atoms with Crippen molar-refractivity contribution in [1.82, 2.24) is 5.32 Å². The van der Waals surface area contributed by atoms with Crippen molar-refractivity contribution < 1.29 is 32.3 Å². The molecule has 7 nitrogen and oxygen atoms in total. The number of thiocarbonyl (C=S) groups is 1. The van der Waals surface area contributed by atoms with Gasteiger partial charge in [-0.15, -0.1) is 0 Å². The Morgan fingerprint density at radius 3 is 2.26 bits per heavy atom. The molecule has 0 heterocycles. The number of halogens is 3. The molecular formula is C20H18F3N3O4S. The Hall–Kier alpha value is -3.47. The van der Waals surface area contributed by atoms with E-state index in [4.69, 9.17) is 12.2 Å². The Morgan fingerprint density at radius 2 is 1.65 bits per heavy atom. The smallest absolute Gasteiger partial charge is 0.416 e. The summed E-state index contributed by atoms with van der Waals surface area (Å²) in [6.45, 7) is 0. The quantitative estimate of drug-likeness (QED) is 0.456. The SMILES string of the molecule is COC(=O)CCC(=O)NC(=S)Nc1ccc(C(=O)Nc2cccc(C(F)(F)F)c2)cc1. The van der Waals surface area contributed by atoms with Gasteiger partial charge in [0.05, 0.1) is 19.1 Å². The highest BCUT2D eigenvalue weighted by molar-refractivity contribution is 7.80. The van der Waals surface area contributed by atoms with Crippen LogP contribution in [0.15, 0.2) is 48.5 Å². The minimum absolute atomic E-state index is 0.00367. The number of benzene rings is 2. The molecular weight excluding hydrogens is 435 g/mol. The monoisotopic (exact) mass is 453 g/mol. The van der Waals surface area contributed by atoms with Gasteiger partial charge in [0, 0.05) is 23.4 Å². The van der Waals surface area contributed by atoms with E-state index < -0.39 is 29.5 Å². The molecule has 2 aromatic carbocycles. The van der Waals surface area contributed by atoms with Crippen LogP contribution in [0.5, 0.6) is 0 Å². The fourth-order valence-corrected chi connectivity index (χ4v) is 2.58. The zero-order valence-corrected chi connectivity index (χ0v) is 17.0. The minimum Gasteiger partial charge on any atom is -0.469 e. The largest absolute Gasteiger partial charge is 0.469 e. The molecule has 0 bridgehead atoms. The number of nitrogens with one attached hydrogen (secondary N) is 3. The normalized spacial score (nSPS) is 10.7. The van der Waals surface area contributed by atoms with E-state index in [0.29, 0.717) is 5.69 Å². The van der Waals surface area contributed by atoms with Gasteiger partial charge < -0.3 is 20.7 Å². The van der Waals surface area contributed by atoms with E-state index in [1.54, 1.807) is 0 Å². The molecule has 0 radical (unpaired) electrons. The first-order chi connectivity index (χ1) is 14.6. The third-order valence-electron chi connectivity index (χ3n) is 3.89. The number of amides is 2. The molecule has 0 spiro atoms. The Morgan fingerprint density at radius 1 is 0.968 bits per heavy atom. The number of hydrogen-bond donors (Lipinski definition) is 3. The van der Waals surface area contributed by atoms with Crippen LogP contribution in [0.2, 0.25) is 0 Å². The Balaban J connectivity index is 1.91. The number of hydrogen-bond acceptors (Lipinski definition) is 5. The fraction of sp³-hybridized carbons (Fsp3) is 0.200. The number of rotatable bonds is 6. The van der Waals surface area contributed by atoms with E-state index in [1.165, 1.54) is 43.5 Å². The summed E-state index contributed by atoms with van der Waals surface area (Å²) in [5.41, 5.74) is -0.185. The minimum atomic E-state index is -4.51. The summed E-state index contributed by atoms with van der Waals surface area (Å²) in [7, 11) is 1.22. The zero-order chi connectivity index (χ0) is 23.0. The number of ether oxygens (including phenoxy) is 1. The first-order valence-electron chi connectivity index (χ1n) is 8.85. The lowest BCUT2D eigenvalue weighted by molar-refractivity contribution is -0.142. The van der Waals surface area contributed by atoms with Crippen LogP contribution >= 0.6 is 12.2 Å². The summed E-state index contributed by atoms with van der Waals surface area (Å²) in [6.07, 6.45) is -4.69. The van der Waals surface area contributed by atoms with Crippen LogP contribution in [0.1, 0.15) is 28.8 Å². The molecule has 0 aliphatic rings. The third-order valence-corrected chi connectivity index (χ3v) is 4.09. The second-order valence-corrected chi connectivity index (χ2v) is 6.60. The second-order valence-electron chi connectivity index (χ2n) is 6.19.